The number of thioether (sulfide) groups is 1. The first-order valence-electron chi connectivity index (χ1n) is 7.25. The standard InChI is InChI=1S/C18H21NO2S/c1-13(2)19-18(20)14-9-10-17(21-3)15(11-14)12-22-16-7-5-4-6-8-16/h4-11,13H,12H2,1-3H3,(H,19,20). The van der Waals surface area contributed by atoms with Gasteiger partial charge in [0.25, 0.3) is 5.91 Å². The van der Waals surface area contributed by atoms with Crippen LogP contribution in [0.15, 0.2) is 53.4 Å². The molecule has 0 atom stereocenters. The summed E-state index contributed by atoms with van der Waals surface area (Å²) in [6, 6.07) is 15.9. The highest BCUT2D eigenvalue weighted by Gasteiger charge is 2.11. The molecule has 0 aliphatic carbocycles. The number of methoxy groups -OCH3 is 1. The van der Waals surface area contributed by atoms with Crippen LogP contribution in [0.25, 0.3) is 0 Å². The molecular formula is C18H21NO2S. The summed E-state index contributed by atoms with van der Waals surface area (Å²) in [6.45, 7) is 3.90. The van der Waals surface area contributed by atoms with Crippen molar-refractivity contribution in [1.82, 2.24) is 5.32 Å². The molecule has 4 heteroatoms. The van der Waals surface area contributed by atoms with Gasteiger partial charge >= 0.3 is 0 Å². The van der Waals surface area contributed by atoms with E-state index in [1.807, 2.05) is 44.2 Å². The van der Waals surface area contributed by atoms with Crippen molar-refractivity contribution < 1.29 is 9.53 Å². The molecule has 3 nitrogen and oxygen atoms in total. The molecule has 0 bridgehead atoms. The highest BCUT2D eigenvalue weighted by Crippen LogP contribution is 2.28. The number of carbonyl (C=O) groups excluding carboxylic acids is 1. The maximum atomic E-state index is 12.1. The highest BCUT2D eigenvalue weighted by molar-refractivity contribution is 7.98. The van der Waals surface area contributed by atoms with Crippen LogP contribution in [0, 0.1) is 0 Å². The third-order valence-corrected chi connectivity index (χ3v) is 4.16. The number of ether oxygens (including phenoxy) is 1. The summed E-state index contributed by atoms with van der Waals surface area (Å²) in [5.74, 6) is 1.52. The van der Waals surface area contributed by atoms with E-state index < -0.39 is 0 Å². The van der Waals surface area contributed by atoms with Crippen molar-refractivity contribution >= 4 is 17.7 Å². The number of carbonyl (C=O) groups is 1. The van der Waals surface area contributed by atoms with E-state index in [1.165, 1.54) is 4.90 Å². The molecule has 22 heavy (non-hydrogen) atoms. The van der Waals surface area contributed by atoms with Gasteiger partial charge in [-0.3, -0.25) is 4.79 Å². The van der Waals surface area contributed by atoms with Gasteiger partial charge < -0.3 is 10.1 Å². The molecule has 0 fully saturated rings. The zero-order valence-electron chi connectivity index (χ0n) is 13.1. The molecule has 0 aromatic heterocycles. The molecule has 116 valence electrons. The van der Waals surface area contributed by atoms with Crippen molar-refractivity contribution in [1.29, 1.82) is 0 Å². The summed E-state index contributed by atoms with van der Waals surface area (Å²) in [6.07, 6.45) is 0. The topological polar surface area (TPSA) is 38.3 Å². The van der Waals surface area contributed by atoms with Crippen LogP contribution in [0.5, 0.6) is 5.75 Å². The average Bonchev–Trinajstić information content (AvgIpc) is 2.53. The predicted octanol–water partition coefficient (Wildman–Crippen LogP) is 4.13. The minimum atomic E-state index is -0.0522. The van der Waals surface area contributed by atoms with Crippen LogP contribution in [0.4, 0.5) is 0 Å². The summed E-state index contributed by atoms with van der Waals surface area (Å²) < 4.78 is 5.40. The second kappa shape index (κ2) is 7.90. The van der Waals surface area contributed by atoms with Gasteiger partial charge in [0.2, 0.25) is 0 Å². The van der Waals surface area contributed by atoms with Gasteiger partial charge in [-0.1, -0.05) is 18.2 Å². The minimum Gasteiger partial charge on any atom is -0.496 e. The molecule has 2 aromatic carbocycles. The van der Waals surface area contributed by atoms with Gasteiger partial charge in [0.15, 0.2) is 0 Å². The molecule has 0 spiro atoms. The zero-order chi connectivity index (χ0) is 15.9. The summed E-state index contributed by atoms with van der Waals surface area (Å²) in [4.78, 5) is 13.3. The predicted molar refractivity (Wildman–Crippen MR) is 91.6 cm³/mol. The summed E-state index contributed by atoms with van der Waals surface area (Å²) in [5, 5.41) is 2.91. The van der Waals surface area contributed by atoms with Crippen molar-refractivity contribution in [2.45, 2.75) is 30.5 Å². The Balaban J connectivity index is 2.15. The van der Waals surface area contributed by atoms with Crippen molar-refractivity contribution in [3.8, 4) is 5.75 Å². The molecule has 1 N–H and O–H groups in total. The Kier molecular flexibility index (Phi) is 5.90. The molecule has 1 amide bonds. The zero-order valence-corrected chi connectivity index (χ0v) is 13.9. The first-order chi connectivity index (χ1) is 10.6. The van der Waals surface area contributed by atoms with Crippen LogP contribution in [0.2, 0.25) is 0 Å². The lowest BCUT2D eigenvalue weighted by atomic mass is 10.1. The smallest absolute Gasteiger partial charge is 0.251 e. The fourth-order valence-electron chi connectivity index (χ4n) is 2.06. The fourth-order valence-corrected chi connectivity index (χ4v) is 2.95. The van der Waals surface area contributed by atoms with E-state index in [0.29, 0.717) is 5.56 Å². The van der Waals surface area contributed by atoms with Crippen molar-refractivity contribution in [3.63, 3.8) is 0 Å². The Morgan fingerprint density at radius 2 is 1.91 bits per heavy atom. The molecule has 0 aliphatic rings. The van der Waals surface area contributed by atoms with Crippen LogP contribution in [0.1, 0.15) is 29.8 Å². The second-order valence-corrected chi connectivity index (χ2v) is 6.31. The molecular weight excluding hydrogens is 294 g/mol. The van der Waals surface area contributed by atoms with Crippen molar-refractivity contribution in [2.24, 2.45) is 0 Å². The quantitative estimate of drug-likeness (QED) is 0.815. The van der Waals surface area contributed by atoms with Gasteiger partial charge in [0.1, 0.15) is 5.75 Å². The maximum absolute atomic E-state index is 12.1. The van der Waals surface area contributed by atoms with Gasteiger partial charge in [0, 0.05) is 27.8 Å². The number of hydrogen-bond donors (Lipinski definition) is 1. The summed E-state index contributed by atoms with van der Waals surface area (Å²) in [5.41, 5.74) is 1.69. The van der Waals surface area contributed by atoms with E-state index in [0.717, 1.165) is 17.1 Å². The Bertz CT molecular complexity index is 626. The first kappa shape index (κ1) is 16.4. The monoisotopic (exact) mass is 315 g/mol. The van der Waals surface area contributed by atoms with E-state index in [9.17, 15) is 4.79 Å². The number of rotatable bonds is 6. The molecule has 0 radical (unpaired) electrons. The normalized spacial score (nSPS) is 10.5. The molecule has 2 rings (SSSR count). The minimum absolute atomic E-state index is 0.0522. The van der Waals surface area contributed by atoms with Crippen LogP contribution in [-0.4, -0.2) is 19.1 Å². The Hall–Kier alpha value is -1.94. The highest BCUT2D eigenvalue weighted by atomic mass is 32.2. The SMILES string of the molecule is COc1ccc(C(=O)NC(C)C)cc1CSc1ccccc1. The molecule has 0 heterocycles. The Morgan fingerprint density at radius 3 is 2.55 bits per heavy atom. The van der Waals surface area contributed by atoms with Gasteiger partial charge in [-0.2, -0.15) is 0 Å². The first-order valence-corrected chi connectivity index (χ1v) is 8.24. The van der Waals surface area contributed by atoms with Crippen LogP contribution < -0.4 is 10.1 Å². The van der Waals surface area contributed by atoms with Gasteiger partial charge in [-0.05, 0) is 44.2 Å². The van der Waals surface area contributed by atoms with E-state index in [2.05, 4.69) is 17.4 Å². The largest absolute Gasteiger partial charge is 0.496 e. The average molecular weight is 315 g/mol. The third kappa shape index (κ3) is 4.53. The van der Waals surface area contributed by atoms with Crippen molar-refractivity contribution in [3.05, 3.63) is 59.7 Å². The molecule has 0 saturated carbocycles. The summed E-state index contributed by atoms with van der Waals surface area (Å²) >= 11 is 1.73. The van der Waals surface area contributed by atoms with Gasteiger partial charge in [-0.25, -0.2) is 0 Å². The van der Waals surface area contributed by atoms with Gasteiger partial charge in [-0.15, -0.1) is 11.8 Å². The fraction of sp³-hybridized carbons (Fsp3) is 0.278. The van der Waals surface area contributed by atoms with E-state index >= 15 is 0 Å². The van der Waals surface area contributed by atoms with Crippen molar-refractivity contribution in [2.75, 3.05) is 7.11 Å². The van der Waals surface area contributed by atoms with Crippen LogP contribution >= 0.6 is 11.8 Å². The number of hydrogen-bond acceptors (Lipinski definition) is 3. The van der Waals surface area contributed by atoms with Crippen LogP contribution in [0.3, 0.4) is 0 Å². The lowest BCUT2D eigenvalue weighted by molar-refractivity contribution is 0.0943. The lowest BCUT2D eigenvalue weighted by Gasteiger charge is -2.12. The van der Waals surface area contributed by atoms with E-state index in [4.69, 9.17) is 4.74 Å². The van der Waals surface area contributed by atoms with Gasteiger partial charge in [0.05, 0.1) is 7.11 Å². The molecule has 0 saturated heterocycles. The molecule has 0 aliphatic heterocycles. The van der Waals surface area contributed by atoms with E-state index in [1.54, 1.807) is 24.9 Å². The lowest BCUT2D eigenvalue weighted by Crippen LogP contribution is -2.30. The second-order valence-electron chi connectivity index (χ2n) is 5.26. The number of nitrogens with one attached hydrogen (secondary N) is 1. The Morgan fingerprint density at radius 1 is 1.18 bits per heavy atom. The van der Waals surface area contributed by atoms with E-state index in [-0.39, 0.29) is 11.9 Å². The summed E-state index contributed by atoms with van der Waals surface area (Å²) in [7, 11) is 1.65. The Labute approximate surface area is 136 Å². The third-order valence-electron chi connectivity index (χ3n) is 3.10. The molecule has 0 unspecified atom stereocenters. The number of amides is 1. The number of benzene rings is 2. The van der Waals surface area contributed by atoms with Crippen LogP contribution in [-0.2, 0) is 5.75 Å². The molecule has 2 aromatic rings. The maximum Gasteiger partial charge on any atom is 0.251 e.